The van der Waals surface area contributed by atoms with Crippen molar-refractivity contribution < 1.29 is 27.5 Å². The molecule has 0 amide bonds. The van der Waals surface area contributed by atoms with Crippen LogP contribution in [0.2, 0.25) is 0 Å². The number of Topliss-reactive ketones (excluding diaryl/α,β-unsaturated/α-hetero) is 1. The minimum absolute atomic E-state index is 0.0414. The second-order valence-electron chi connectivity index (χ2n) is 6.51. The molecule has 0 aliphatic rings. The molecule has 0 bridgehead atoms. The first kappa shape index (κ1) is 22.6. The van der Waals surface area contributed by atoms with Crippen LogP contribution in [0.25, 0.3) is 0 Å². The number of sulfonamides is 1. The van der Waals surface area contributed by atoms with Crippen molar-refractivity contribution in [3.05, 3.63) is 59.2 Å². The summed E-state index contributed by atoms with van der Waals surface area (Å²) in [6, 6.07) is 10.2. The lowest BCUT2D eigenvalue weighted by molar-refractivity contribution is -0.145. The first-order chi connectivity index (χ1) is 13.7. The molecule has 156 valence electrons. The fraction of sp³-hybridized carbons (Fsp3) is 0.333. The molecule has 1 N–H and O–H groups in total. The predicted molar refractivity (Wildman–Crippen MR) is 109 cm³/mol. The Morgan fingerprint density at radius 3 is 2.17 bits per heavy atom. The smallest absolute Gasteiger partial charge is 0.324 e. The molecular weight excluding hydrogens is 394 g/mol. The third kappa shape index (κ3) is 5.65. The Labute approximate surface area is 171 Å². The van der Waals surface area contributed by atoms with Crippen molar-refractivity contribution in [2.75, 3.05) is 13.7 Å². The normalized spacial score (nSPS) is 12.3. The van der Waals surface area contributed by atoms with E-state index in [1.807, 2.05) is 0 Å². The summed E-state index contributed by atoms with van der Waals surface area (Å²) in [5.74, 6) is -0.640. The van der Waals surface area contributed by atoms with E-state index >= 15 is 0 Å². The van der Waals surface area contributed by atoms with Gasteiger partial charge in [-0.1, -0.05) is 30.3 Å². The SMILES string of the molecule is CCOC(=O)[C@H](CC(=O)c1ccccc1)NS(=O)(=O)c1c(C)cc(OC)cc1C. The third-order valence-electron chi connectivity index (χ3n) is 4.29. The van der Waals surface area contributed by atoms with E-state index in [1.165, 1.54) is 7.11 Å². The minimum atomic E-state index is -4.10. The Kier molecular flexibility index (Phi) is 7.53. The van der Waals surface area contributed by atoms with Crippen molar-refractivity contribution in [3.63, 3.8) is 0 Å². The number of carbonyl (C=O) groups excluding carboxylic acids is 2. The Morgan fingerprint density at radius 2 is 1.66 bits per heavy atom. The van der Waals surface area contributed by atoms with Crippen LogP contribution in [0.15, 0.2) is 47.4 Å². The van der Waals surface area contributed by atoms with Gasteiger partial charge in [-0.25, -0.2) is 8.42 Å². The zero-order chi connectivity index (χ0) is 21.6. The number of nitrogens with one attached hydrogen (secondary N) is 1. The Morgan fingerprint density at radius 1 is 1.07 bits per heavy atom. The number of hydrogen-bond donors (Lipinski definition) is 1. The molecular formula is C21H25NO6S. The molecule has 29 heavy (non-hydrogen) atoms. The minimum Gasteiger partial charge on any atom is -0.497 e. The van der Waals surface area contributed by atoms with Crippen LogP contribution in [-0.4, -0.2) is 39.9 Å². The molecule has 0 saturated carbocycles. The molecule has 8 heteroatoms. The highest BCUT2D eigenvalue weighted by Crippen LogP contribution is 2.26. The number of esters is 1. The lowest BCUT2D eigenvalue weighted by Crippen LogP contribution is -2.43. The van der Waals surface area contributed by atoms with Crippen molar-refractivity contribution in [1.29, 1.82) is 0 Å². The summed E-state index contributed by atoms with van der Waals surface area (Å²) in [5, 5.41) is 0. The van der Waals surface area contributed by atoms with Crippen molar-refractivity contribution in [2.45, 2.75) is 38.1 Å². The van der Waals surface area contributed by atoms with Gasteiger partial charge in [0.1, 0.15) is 11.8 Å². The van der Waals surface area contributed by atoms with Crippen LogP contribution < -0.4 is 9.46 Å². The quantitative estimate of drug-likeness (QED) is 0.496. The maximum Gasteiger partial charge on any atom is 0.324 e. The number of aryl methyl sites for hydroxylation is 2. The zero-order valence-electron chi connectivity index (χ0n) is 16.9. The van der Waals surface area contributed by atoms with Gasteiger partial charge in [0.05, 0.1) is 18.6 Å². The van der Waals surface area contributed by atoms with Crippen LogP contribution in [0.5, 0.6) is 5.75 Å². The fourth-order valence-electron chi connectivity index (χ4n) is 3.04. The molecule has 0 aliphatic heterocycles. The van der Waals surface area contributed by atoms with E-state index in [-0.39, 0.29) is 23.7 Å². The fourth-order valence-corrected chi connectivity index (χ4v) is 4.68. The average molecular weight is 419 g/mol. The molecule has 2 rings (SSSR count). The number of ether oxygens (including phenoxy) is 2. The number of hydrogen-bond acceptors (Lipinski definition) is 6. The summed E-state index contributed by atoms with van der Waals surface area (Å²) in [6.07, 6.45) is -0.351. The summed E-state index contributed by atoms with van der Waals surface area (Å²) in [6.45, 7) is 4.95. The zero-order valence-corrected chi connectivity index (χ0v) is 17.7. The van der Waals surface area contributed by atoms with Gasteiger partial charge in [0.2, 0.25) is 10.0 Å². The van der Waals surface area contributed by atoms with Gasteiger partial charge in [0.25, 0.3) is 0 Å². The molecule has 2 aromatic carbocycles. The highest BCUT2D eigenvalue weighted by molar-refractivity contribution is 7.89. The maximum atomic E-state index is 13.0. The van der Waals surface area contributed by atoms with Crippen molar-refractivity contribution in [1.82, 2.24) is 4.72 Å². The molecule has 0 aromatic heterocycles. The summed E-state index contributed by atoms with van der Waals surface area (Å²) >= 11 is 0. The largest absolute Gasteiger partial charge is 0.497 e. The van der Waals surface area contributed by atoms with Crippen LogP contribution in [0.1, 0.15) is 34.8 Å². The number of carbonyl (C=O) groups is 2. The second kappa shape index (κ2) is 9.67. The lowest BCUT2D eigenvalue weighted by atomic mass is 10.0. The molecule has 0 saturated heterocycles. The predicted octanol–water partition coefficient (Wildman–Crippen LogP) is 2.80. The van der Waals surface area contributed by atoms with E-state index in [2.05, 4.69) is 4.72 Å². The van der Waals surface area contributed by atoms with Crippen molar-refractivity contribution in [3.8, 4) is 5.75 Å². The monoisotopic (exact) mass is 419 g/mol. The number of rotatable bonds is 9. The Bertz CT molecular complexity index is 962. The number of methoxy groups -OCH3 is 1. The van der Waals surface area contributed by atoms with E-state index in [9.17, 15) is 18.0 Å². The van der Waals surface area contributed by atoms with Crippen LogP contribution in [-0.2, 0) is 19.6 Å². The second-order valence-corrected chi connectivity index (χ2v) is 8.16. The van der Waals surface area contributed by atoms with Crippen LogP contribution in [0.3, 0.4) is 0 Å². The van der Waals surface area contributed by atoms with Gasteiger partial charge < -0.3 is 9.47 Å². The van der Waals surface area contributed by atoms with Crippen molar-refractivity contribution in [2.24, 2.45) is 0 Å². The van der Waals surface area contributed by atoms with E-state index < -0.39 is 22.0 Å². The molecule has 0 fully saturated rings. The summed E-state index contributed by atoms with van der Waals surface area (Å²) < 4.78 is 38.6. The van der Waals surface area contributed by atoms with Crippen LogP contribution >= 0.6 is 0 Å². The molecule has 0 aliphatic carbocycles. The van der Waals surface area contributed by atoms with E-state index in [1.54, 1.807) is 63.2 Å². The third-order valence-corrected chi connectivity index (χ3v) is 6.07. The highest BCUT2D eigenvalue weighted by Gasteiger charge is 2.31. The highest BCUT2D eigenvalue weighted by atomic mass is 32.2. The first-order valence-electron chi connectivity index (χ1n) is 9.12. The van der Waals surface area contributed by atoms with Gasteiger partial charge in [-0.15, -0.1) is 0 Å². The molecule has 2 aromatic rings. The molecule has 0 unspecified atom stereocenters. The van der Waals surface area contributed by atoms with Gasteiger partial charge in [0, 0.05) is 12.0 Å². The maximum absolute atomic E-state index is 13.0. The summed E-state index contributed by atoms with van der Waals surface area (Å²) in [4.78, 5) is 25.0. The standard InChI is InChI=1S/C21H25NO6S/c1-5-28-21(24)18(13-19(23)16-9-7-6-8-10-16)22-29(25,26)20-14(2)11-17(27-4)12-15(20)3/h6-12,18,22H,5,13H2,1-4H3/t18-/m0/s1. The molecule has 0 radical (unpaired) electrons. The van der Waals surface area contributed by atoms with Gasteiger partial charge in [-0.2, -0.15) is 4.72 Å². The molecule has 7 nitrogen and oxygen atoms in total. The molecule has 1 atom stereocenters. The van der Waals surface area contributed by atoms with Crippen LogP contribution in [0, 0.1) is 13.8 Å². The molecule has 0 heterocycles. The Balaban J connectivity index is 2.35. The number of benzene rings is 2. The van der Waals surface area contributed by atoms with Crippen LogP contribution in [0.4, 0.5) is 0 Å². The molecule has 0 spiro atoms. The average Bonchev–Trinajstić information content (AvgIpc) is 2.67. The first-order valence-corrected chi connectivity index (χ1v) is 10.6. The van der Waals surface area contributed by atoms with Crippen molar-refractivity contribution >= 4 is 21.8 Å². The topological polar surface area (TPSA) is 98.8 Å². The van der Waals surface area contributed by atoms with Gasteiger partial charge in [-0.05, 0) is 44.0 Å². The summed E-state index contributed by atoms with van der Waals surface area (Å²) in [5.41, 5.74) is 1.32. The van der Waals surface area contributed by atoms with E-state index in [0.29, 0.717) is 22.4 Å². The van der Waals surface area contributed by atoms with Gasteiger partial charge >= 0.3 is 5.97 Å². The lowest BCUT2D eigenvalue weighted by Gasteiger charge is -2.19. The van der Waals surface area contributed by atoms with E-state index in [4.69, 9.17) is 9.47 Å². The summed E-state index contributed by atoms with van der Waals surface area (Å²) in [7, 11) is -2.60. The Hall–Kier alpha value is -2.71. The van der Waals surface area contributed by atoms with Gasteiger partial charge in [0.15, 0.2) is 5.78 Å². The van der Waals surface area contributed by atoms with E-state index in [0.717, 1.165) is 0 Å². The van der Waals surface area contributed by atoms with Gasteiger partial charge in [-0.3, -0.25) is 9.59 Å². The number of ketones is 1.